The first-order valence-corrected chi connectivity index (χ1v) is 7.19. The molecular weight excluding hydrogens is 321 g/mol. The van der Waals surface area contributed by atoms with Crippen molar-refractivity contribution in [2.75, 3.05) is 0 Å². The topological polar surface area (TPSA) is 71.8 Å². The first-order valence-electron chi connectivity index (χ1n) is 7.19. The van der Waals surface area contributed by atoms with Gasteiger partial charge in [-0.25, -0.2) is 19.5 Å². The van der Waals surface area contributed by atoms with Crippen LogP contribution in [0.2, 0.25) is 0 Å². The van der Waals surface area contributed by atoms with E-state index >= 15 is 0 Å². The van der Waals surface area contributed by atoms with E-state index in [2.05, 4.69) is 25.0 Å². The molecule has 0 saturated carbocycles. The van der Waals surface area contributed by atoms with E-state index in [4.69, 9.17) is 0 Å². The third-order valence-corrected chi connectivity index (χ3v) is 3.70. The minimum Gasteiger partial charge on any atom is -0.345 e. The van der Waals surface area contributed by atoms with Gasteiger partial charge in [-0.15, -0.1) is 0 Å². The maximum atomic E-state index is 12.3. The summed E-state index contributed by atoms with van der Waals surface area (Å²) >= 11 is 0. The van der Waals surface area contributed by atoms with Gasteiger partial charge in [-0.3, -0.25) is 0 Å². The number of halogens is 3. The highest BCUT2D eigenvalue weighted by Gasteiger charge is 2.27. The summed E-state index contributed by atoms with van der Waals surface area (Å²) in [6, 6.07) is 3.73. The monoisotopic (exact) mass is 332 g/mol. The van der Waals surface area contributed by atoms with Crippen molar-refractivity contribution in [1.29, 1.82) is 0 Å². The lowest BCUT2D eigenvalue weighted by molar-refractivity contribution is -0.134. The van der Waals surface area contributed by atoms with E-state index in [1.165, 1.54) is 6.33 Å². The lowest BCUT2D eigenvalue weighted by Gasteiger charge is -2.05. The number of aromatic amines is 1. The fraction of sp³-hybridized carbons (Fsp3) is 0.200. The van der Waals surface area contributed by atoms with Crippen LogP contribution in [0.1, 0.15) is 12.2 Å². The standard InChI is InChI=1S/C15H11F3N6/c16-15(17,18)4-3-12-19-6-11-10(5-20-14(11)23-12)9-1-2-13-21-8-22-24(13)7-9/h1-2,5-8H,3-4H2,(H,19,20,23). The molecule has 0 aliphatic rings. The molecule has 0 atom stereocenters. The quantitative estimate of drug-likeness (QED) is 0.625. The van der Waals surface area contributed by atoms with E-state index in [1.54, 1.807) is 16.9 Å². The molecule has 122 valence electrons. The normalized spacial score (nSPS) is 12.3. The summed E-state index contributed by atoms with van der Waals surface area (Å²) in [6.07, 6.45) is 1.20. The number of nitrogens with one attached hydrogen (secondary N) is 1. The summed E-state index contributed by atoms with van der Waals surface area (Å²) in [5, 5.41) is 4.83. The molecular formula is C15H11F3N6. The first kappa shape index (κ1) is 14.6. The van der Waals surface area contributed by atoms with E-state index in [9.17, 15) is 13.2 Å². The number of pyridine rings is 1. The number of alkyl halides is 3. The second-order valence-corrected chi connectivity index (χ2v) is 5.35. The van der Waals surface area contributed by atoms with Crippen LogP contribution in [0.25, 0.3) is 27.8 Å². The van der Waals surface area contributed by atoms with Gasteiger partial charge in [0.25, 0.3) is 0 Å². The van der Waals surface area contributed by atoms with Gasteiger partial charge in [-0.2, -0.15) is 18.3 Å². The van der Waals surface area contributed by atoms with Crippen molar-refractivity contribution in [2.45, 2.75) is 19.0 Å². The number of hydrogen-bond acceptors (Lipinski definition) is 4. The van der Waals surface area contributed by atoms with Gasteiger partial charge in [0.15, 0.2) is 5.65 Å². The zero-order valence-electron chi connectivity index (χ0n) is 12.2. The van der Waals surface area contributed by atoms with Crippen LogP contribution in [-0.2, 0) is 6.42 Å². The number of fused-ring (bicyclic) bond motifs is 2. The maximum Gasteiger partial charge on any atom is 0.389 e. The summed E-state index contributed by atoms with van der Waals surface area (Å²) in [6.45, 7) is 0. The smallest absolute Gasteiger partial charge is 0.345 e. The van der Waals surface area contributed by atoms with Crippen molar-refractivity contribution in [3.8, 4) is 11.1 Å². The van der Waals surface area contributed by atoms with Crippen LogP contribution in [0, 0.1) is 0 Å². The predicted octanol–water partition coefficient (Wildman–Crippen LogP) is 3.16. The third kappa shape index (κ3) is 2.68. The minimum absolute atomic E-state index is 0.167. The van der Waals surface area contributed by atoms with Crippen LogP contribution in [0.4, 0.5) is 13.2 Å². The van der Waals surface area contributed by atoms with Crippen LogP contribution in [0.15, 0.2) is 37.1 Å². The van der Waals surface area contributed by atoms with Crippen molar-refractivity contribution in [2.24, 2.45) is 0 Å². The fourth-order valence-corrected chi connectivity index (χ4v) is 2.53. The molecule has 0 amide bonds. The predicted molar refractivity (Wildman–Crippen MR) is 80.2 cm³/mol. The highest BCUT2D eigenvalue weighted by Crippen LogP contribution is 2.28. The first-order chi connectivity index (χ1) is 11.5. The number of aryl methyl sites for hydroxylation is 1. The SMILES string of the molecule is FC(F)(F)CCc1ncc2c(-c3ccc4ncnn4c3)c[nH]c2n1. The number of aromatic nitrogens is 6. The Morgan fingerprint density at radius 2 is 2.04 bits per heavy atom. The van der Waals surface area contributed by atoms with E-state index in [-0.39, 0.29) is 12.2 Å². The molecule has 9 heteroatoms. The minimum atomic E-state index is -4.22. The number of rotatable bonds is 3. The van der Waals surface area contributed by atoms with E-state index < -0.39 is 12.6 Å². The third-order valence-electron chi connectivity index (χ3n) is 3.70. The molecule has 0 bridgehead atoms. The van der Waals surface area contributed by atoms with Gasteiger partial charge >= 0.3 is 6.18 Å². The lowest BCUT2D eigenvalue weighted by atomic mass is 10.1. The Balaban J connectivity index is 1.69. The van der Waals surface area contributed by atoms with E-state index in [0.29, 0.717) is 5.65 Å². The summed E-state index contributed by atoms with van der Waals surface area (Å²) in [5.41, 5.74) is 2.97. The van der Waals surface area contributed by atoms with Gasteiger partial charge in [0, 0.05) is 41.5 Å². The molecule has 4 rings (SSSR count). The fourth-order valence-electron chi connectivity index (χ4n) is 2.53. The molecule has 0 spiro atoms. The Labute approximate surface area is 133 Å². The average molecular weight is 332 g/mol. The van der Waals surface area contributed by atoms with Gasteiger partial charge in [0.1, 0.15) is 17.8 Å². The largest absolute Gasteiger partial charge is 0.389 e. The second-order valence-electron chi connectivity index (χ2n) is 5.35. The molecule has 4 heterocycles. The molecule has 0 saturated heterocycles. The molecule has 0 fully saturated rings. The molecule has 4 aromatic rings. The van der Waals surface area contributed by atoms with E-state index in [0.717, 1.165) is 22.2 Å². The van der Waals surface area contributed by atoms with Crippen LogP contribution in [-0.4, -0.2) is 35.7 Å². The van der Waals surface area contributed by atoms with Crippen LogP contribution >= 0.6 is 0 Å². The summed E-state index contributed by atoms with van der Waals surface area (Å²) < 4.78 is 38.6. The molecule has 24 heavy (non-hydrogen) atoms. The highest BCUT2D eigenvalue weighted by atomic mass is 19.4. The van der Waals surface area contributed by atoms with E-state index in [1.807, 2.05) is 18.3 Å². The average Bonchev–Trinajstić information content (AvgIpc) is 3.17. The molecule has 0 aliphatic carbocycles. The second kappa shape index (κ2) is 5.29. The van der Waals surface area contributed by atoms with Crippen molar-refractivity contribution < 1.29 is 13.2 Å². The molecule has 0 radical (unpaired) electrons. The van der Waals surface area contributed by atoms with Gasteiger partial charge in [0.2, 0.25) is 0 Å². The molecule has 6 nitrogen and oxygen atoms in total. The number of nitrogens with zero attached hydrogens (tertiary/aromatic N) is 5. The number of hydrogen-bond donors (Lipinski definition) is 1. The van der Waals surface area contributed by atoms with Gasteiger partial charge in [-0.1, -0.05) is 0 Å². The van der Waals surface area contributed by atoms with Crippen LogP contribution in [0.5, 0.6) is 0 Å². The zero-order valence-corrected chi connectivity index (χ0v) is 12.2. The molecule has 1 N–H and O–H groups in total. The van der Waals surface area contributed by atoms with Crippen molar-refractivity contribution in [3.05, 3.63) is 42.9 Å². The van der Waals surface area contributed by atoms with Crippen molar-refractivity contribution in [3.63, 3.8) is 0 Å². The van der Waals surface area contributed by atoms with Crippen LogP contribution in [0.3, 0.4) is 0 Å². The zero-order chi connectivity index (χ0) is 16.7. The van der Waals surface area contributed by atoms with Gasteiger partial charge in [0.05, 0.1) is 6.42 Å². The Bertz CT molecular complexity index is 1020. The molecule has 0 aromatic carbocycles. The van der Waals surface area contributed by atoms with Crippen molar-refractivity contribution >= 4 is 16.7 Å². The maximum absolute atomic E-state index is 12.3. The Morgan fingerprint density at radius 1 is 1.17 bits per heavy atom. The Kier molecular flexibility index (Phi) is 3.22. The van der Waals surface area contributed by atoms with Gasteiger partial charge in [-0.05, 0) is 12.1 Å². The Morgan fingerprint density at radius 3 is 2.88 bits per heavy atom. The molecule has 0 aliphatic heterocycles. The lowest BCUT2D eigenvalue weighted by Crippen LogP contribution is -2.10. The molecule has 0 unspecified atom stereocenters. The Hall–Kier alpha value is -2.97. The highest BCUT2D eigenvalue weighted by molar-refractivity contribution is 5.92. The summed E-state index contributed by atoms with van der Waals surface area (Å²) in [5.74, 6) is 0.167. The summed E-state index contributed by atoms with van der Waals surface area (Å²) in [7, 11) is 0. The molecule has 4 aromatic heterocycles. The van der Waals surface area contributed by atoms with Crippen molar-refractivity contribution in [1.82, 2.24) is 29.5 Å². The number of H-pyrrole nitrogens is 1. The summed E-state index contributed by atoms with van der Waals surface area (Å²) in [4.78, 5) is 15.3. The van der Waals surface area contributed by atoms with Crippen LogP contribution < -0.4 is 0 Å². The van der Waals surface area contributed by atoms with Gasteiger partial charge < -0.3 is 4.98 Å².